The smallest absolute Gasteiger partial charge is 0.119 e. The summed E-state index contributed by atoms with van der Waals surface area (Å²) in [6.07, 6.45) is 6.47. The van der Waals surface area contributed by atoms with E-state index in [1.54, 1.807) is 7.11 Å². The average Bonchev–Trinajstić information content (AvgIpc) is 2.55. The largest absolute Gasteiger partial charge is 0.497 e. The van der Waals surface area contributed by atoms with Gasteiger partial charge in [-0.15, -0.1) is 0 Å². The minimum Gasteiger partial charge on any atom is -0.497 e. The van der Waals surface area contributed by atoms with Crippen molar-refractivity contribution in [2.24, 2.45) is 11.8 Å². The van der Waals surface area contributed by atoms with Gasteiger partial charge in [-0.2, -0.15) is 0 Å². The SMILES string of the molecule is CCC1CCC(NC)C(CCOc2ccc(OC)cc2)C1. The van der Waals surface area contributed by atoms with E-state index in [1.807, 2.05) is 24.3 Å². The number of methoxy groups -OCH3 is 1. The minimum absolute atomic E-state index is 0.660. The van der Waals surface area contributed by atoms with Crippen LogP contribution >= 0.6 is 0 Å². The van der Waals surface area contributed by atoms with Gasteiger partial charge in [0.1, 0.15) is 11.5 Å². The Morgan fingerprint density at radius 2 is 1.86 bits per heavy atom. The number of rotatable bonds is 7. The van der Waals surface area contributed by atoms with E-state index in [4.69, 9.17) is 9.47 Å². The van der Waals surface area contributed by atoms with Gasteiger partial charge in [0.2, 0.25) is 0 Å². The molecule has 3 nitrogen and oxygen atoms in total. The Balaban J connectivity index is 1.79. The van der Waals surface area contributed by atoms with Gasteiger partial charge in [-0.05, 0) is 68.8 Å². The zero-order valence-corrected chi connectivity index (χ0v) is 13.6. The van der Waals surface area contributed by atoms with Gasteiger partial charge in [-0.25, -0.2) is 0 Å². The summed E-state index contributed by atoms with van der Waals surface area (Å²) in [4.78, 5) is 0. The number of ether oxygens (including phenoxy) is 2. The molecule has 3 heteroatoms. The molecule has 1 aliphatic carbocycles. The van der Waals surface area contributed by atoms with Crippen molar-refractivity contribution >= 4 is 0 Å². The van der Waals surface area contributed by atoms with Gasteiger partial charge in [0.15, 0.2) is 0 Å². The first-order valence-electron chi connectivity index (χ1n) is 8.21. The number of hydrogen-bond acceptors (Lipinski definition) is 3. The van der Waals surface area contributed by atoms with Crippen LogP contribution in [0, 0.1) is 11.8 Å². The normalized spacial score (nSPS) is 25.6. The van der Waals surface area contributed by atoms with Crippen LogP contribution < -0.4 is 14.8 Å². The van der Waals surface area contributed by atoms with Gasteiger partial charge in [0.25, 0.3) is 0 Å². The van der Waals surface area contributed by atoms with Crippen molar-refractivity contribution in [3.05, 3.63) is 24.3 Å². The Kier molecular flexibility index (Phi) is 6.37. The van der Waals surface area contributed by atoms with Crippen molar-refractivity contribution in [3.8, 4) is 11.5 Å². The summed E-state index contributed by atoms with van der Waals surface area (Å²) in [6, 6.07) is 8.50. The Labute approximate surface area is 129 Å². The first kappa shape index (κ1) is 16.2. The second-order valence-electron chi connectivity index (χ2n) is 6.06. The summed E-state index contributed by atoms with van der Waals surface area (Å²) < 4.78 is 11.0. The van der Waals surface area contributed by atoms with Gasteiger partial charge >= 0.3 is 0 Å². The Morgan fingerprint density at radius 1 is 1.14 bits per heavy atom. The van der Waals surface area contributed by atoms with E-state index < -0.39 is 0 Å². The monoisotopic (exact) mass is 291 g/mol. The molecule has 21 heavy (non-hydrogen) atoms. The lowest BCUT2D eigenvalue weighted by Gasteiger charge is -2.35. The molecule has 0 heterocycles. The summed E-state index contributed by atoms with van der Waals surface area (Å²) in [7, 11) is 3.77. The molecule has 3 atom stereocenters. The quantitative estimate of drug-likeness (QED) is 0.827. The van der Waals surface area contributed by atoms with E-state index in [0.29, 0.717) is 6.04 Å². The third kappa shape index (κ3) is 4.63. The molecule has 0 bridgehead atoms. The predicted octanol–water partition coefficient (Wildman–Crippen LogP) is 3.88. The van der Waals surface area contributed by atoms with Gasteiger partial charge in [0, 0.05) is 6.04 Å². The third-order valence-corrected chi connectivity index (χ3v) is 4.86. The molecule has 0 spiro atoms. The molecule has 1 aromatic rings. The van der Waals surface area contributed by atoms with Crippen LogP contribution in [0.25, 0.3) is 0 Å². The minimum atomic E-state index is 0.660. The van der Waals surface area contributed by atoms with Crippen LogP contribution in [0.3, 0.4) is 0 Å². The molecule has 0 saturated heterocycles. The first-order valence-corrected chi connectivity index (χ1v) is 8.21. The Bertz CT molecular complexity index is 404. The van der Waals surface area contributed by atoms with Gasteiger partial charge in [-0.1, -0.05) is 13.3 Å². The molecular weight excluding hydrogens is 262 g/mol. The zero-order valence-electron chi connectivity index (χ0n) is 13.6. The van der Waals surface area contributed by atoms with Crippen molar-refractivity contribution in [3.63, 3.8) is 0 Å². The molecule has 1 N–H and O–H groups in total. The van der Waals surface area contributed by atoms with Crippen molar-refractivity contribution < 1.29 is 9.47 Å². The lowest BCUT2D eigenvalue weighted by atomic mass is 9.75. The highest BCUT2D eigenvalue weighted by Crippen LogP contribution is 2.33. The molecule has 1 fully saturated rings. The van der Waals surface area contributed by atoms with Gasteiger partial charge < -0.3 is 14.8 Å². The van der Waals surface area contributed by atoms with Gasteiger partial charge in [0.05, 0.1) is 13.7 Å². The highest BCUT2D eigenvalue weighted by atomic mass is 16.5. The molecular formula is C18H29NO2. The van der Waals surface area contributed by atoms with Crippen LogP contribution in [0.15, 0.2) is 24.3 Å². The maximum absolute atomic E-state index is 5.89. The van der Waals surface area contributed by atoms with E-state index in [1.165, 1.54) is 25.7 Å². The van der Waals surface area contributed by atoms with E-state index in [2.05, 4.69) is 19.3 Å². The van der Waals surface area contributed by atoms with Crippen LogP contribution in [0.2, 0.25) is 0 Å². The molecule has 118 valence electrons. The lowest BCUT2D eigenvalue weighted by Crippen LogP contribution is -2.39. The Morgan fingerprint density at radius 3 is 2.48 bits per heavy atom. The summed E-state index contributed by atoms with van der Waals surface area (Å²) in [6.45, 7) is 3.11. The Hall–Kier alpha value is -1.22. The van der Waals surface area contributed by atoms with Gasteiger partial charge in [-0.3, -0.25) is 0 Å². The number of nitrogens with one attached hydrogen (secondary N) is 1. The highest BCUT2D eigenvalue weighted by molar-refractivity contribution is 5.31. The third-order valence-electron chi connectivity index (χ3n) is 4.86. The standard InChI is InChI=1S/C18H29NO2/c1-4-14-5-10-18(19-2)15(13-14)11-12-21-17-8-6-16(20-3)7-9-17/h6-9,14-15,18-19H,4-5,10-13H2,1-3H3. The maximum Gasteiger partial charge on any atom is 0.119 e. The molecule has 0 aromatic heterocycles. The maximum atomic E-state index is 5.89. The number of hydrogen-bond donors (Lipinski definition) is 1. The van der Waals surface area contributed by atoms with Crippen molar-refractivity contribution in [2.45, 2.75) is 45.1 Å². The van der Waals surface area contributed by atoms with Crippen LogP contribution in [0.5, 0.6) is 11.5 Å². The van der Waals surface area contributed by atoms with Crippen molar-refractivity contribution in [1.82, 2.24) is 5.32 Å². The van der Waals surface area contributed by atoms with E-state index >= 15 is 0 Å². The molecule has 2 rings (SSSR count). The molecule has 0 radical (unpaired) electrons. The predicted molar refractivity (Wildman–Crippen MR) is 87.1 cm³/mol. The van der Waals surface area contributed by atoms with E-state index in [-0.39, 0.29) is 0 Å². The average molecular weight is 291 g/mol. The summed E-state index contributed by atoms with van der Waals surface area (Å²) in [5.74, 6) is 3.45. The topological polar surface area (TPSA) is 30.5 Å². The fourth-order valence-corrected chi connectivity index (χ4v) is 3.43. The summed E-state index contributed by atoms with van der Waals surface area (Å²) >= 11 is 0. The van der Waals surface area contributed by atoms with E-state index in [0.717, 1.165) is 36.4 Å². The second-order valence-corrected chi connectivity index (χ2v) is 6.06. The molecule has 1 aliphatic rings. The molecule has 1 aromatic carbocycles. The first-order chi connectivity index (χ1) is 10.3. The van der Waals surface area contributed by atoms with Crippen molar-refractivity contribution in [2.75, 3.05) is 20.8 Å². The van der Waals surface area contributed by atoms with Crippen LogP contribution in [-0.4, -0.2) is 26.8 Å². The molecule has 0 amide bonds. The van der Waals surface area contributed by atoms with Crippen molar-refractivity contribution in [1.29, 1.82) is 0 Å². The number of benzene rings is 1. The van der Waals surface area contributed by atoms with Crippen LogP contribution in [-0.2, 0) is 0 Å². The van der Waals surface area contributed by atoms with E-state index in [9.17, 15) is 0 Å². The summed E-state index contributed by atoms with van der Waals surface area (Å²) in [5.41, 5.74) is 0. The zero-order chi connectivity index (χ0) is 15.1. The summed E-state index contributed by atoms with van der Waals surface area (Å²) in [5, 5.41) is 3.49. The van der Waals surface area contributed by atoms with Crippen LogP contribution in [0.4, 0.5) is 0 Å². The fraction of sp³-hybridized carbons (Fsp3) is 0.667. The molecule has 1 saturated carbocycles. The lowest BCUT2D eigenvalue weighted by molar-refractivity contribution is 0.169. The molecule has 0 aliphatic heterocycles. The second kappa shape index (κ2) is 8.28. The van der Waals surface area contributed by atoms with Crippen LogP contribution in [0.1, 0.15) is 39.0 Å². The molecule has 3 unspecified atom stereocenters. The fourth-order valence-electron chi connectivity index (χ4n) is 3.43. The highest BCUT2D eigenvalue weighted by Gasteiger charge is 2.28.